The van der Waals surface area contributed by atoms with Gasteiger partial charge in [0, 0.05) is 6.08 Å². The molecule has 0 aliphatic rings. The Balaban J connectivity index is -0.0000000152. The van der Waals surface area contributed by atoms with Crippen LogP contribution in [-0.2, 0) is 13.9 Å². The van der Waals surface area contributed by atoms with Crippen molar-refractivity contribution in [2.75, 3.05) is 0 Å². The van der Waals surface area contributed by atoms with Gasteiger partial charge in [0.25, 0.3) is 0 Å². The Kier molecular flexibility index (Phi) is 25.1. The standard InChI is InChI=1S/C3H5O5P.Ca.K.Na.4H/c1-2-3(4)8-9(5,6)7;;;;;;;/h2H,1H2,(H2,5,6,7);;;;;;;/q;+2;2*+1;4*-1. The van der Waals surface area contributed by atoms with E-state index in [1.54, 1.807) is 0 Å². The molecule has 9 heteroatoms. The predicted octanol–water partition coefficient (Wildman–Crippen LogP) is -6.11. The number of phosphoric ester groups is 1. The molecule has 0 aromatic carbocycles. The first-order valence-electron chi connectivity index (χ1n) is 1.87. The van der Waals surface area contributed by atoms with Gasteiger partial charge in [-0.1, -0.05) is 6.58 Å². The largest absolute Gasteiger partial charge is 2.00 e. The number of carbonyl (C=O) groups excluding carboxylic acids is 1. The Labute approximate surface area is 171 Å². The Morgan fingerprint density at radius 2 is 1.92 bits per heavy atom. The molecule has 0 unspecified atom stereocenters. The van der Waals surface area contributed by atoms with Crippen LogP contribution in [0.25, 0.3) is 0 Å². The van der Waals surface area contributed by atoms with Crippen molar-refractivity contribution in [3.05, 3.63) is 12.7 Å². The van der Waals surface area contributed by atoms with Gasteiger partial charge in [-0.25, -0.2) is 9.36 Å². The van der Waals surface area contributed by atoms with E-state index in [1.165, 1.54) is 0 Å². The molecule has 0 aromatic rings. The van der Waals surface area contributed by atoms with E-state index in [2.05, 4.69) is 11.1 Å². The van der Waals surface area contributed by atoms with Crippen molar-refractivity contribution in [3.63, 3.8) is 0 Å². The van der Waals surface area contributed by atoms with Crippen LogP contribution in [0, 0.1) is 0 Å². The van der Waals surface area contributed by atoms with Crippen molar-refractivity contribution in [1.82, 2.24) is 0 Å². The number of carbonyl (C=O) groups is 1. The van der Waals surface area contributed by atoms with Crippen LogP contribution in [0.1, 0.15) is 5.71 Å². The van der Waals surface area contributed by atoms with Gasteiger partial charge >= 0.3 is 132 Å². The summed E-state index contributed by atoms with van der Waals surface area (Å²) < 4.78 is 13.3. The summed E-state index contributed by atoms with van der Waals surface area (Å²) in [7, 11) is -4.66. The van der Waals surface area contributed by atoms with Gasteiger partial charge in [0.2, 0.25) is 0 Å². The third-order valence-electron chi connectivity index (χ3n) is 0.376. The van der Waals surface area contributed by atoms with Crippen molar-refractivity contribution in [1.29, 1.82) is 0 Å². The zero-order valence-corrected chi connectivity index (χ0v) is 15.3. The third kappa shape index (κ3) is 18.9. The summed E-state index contributed by atoms with van der Waals surface area (Å²) in [6.07, 6.45) is 0.666. The molecule has 0 bridgehead atoms. The van der Waals surface area contributed by atoms with Crippen molar-refractivity contribution in [3.8, 4) is 0 Å². The topological polar surface area (TPSA) is 83.8 Å². The summed E-state index contributed by atoms with van der Waals surface area (Å²) >= 11 is 0. The molecule has 0 aliphatic heterocycles. The van der Waals surface area contributed by atoms with E-state index in [4.69, 9.17) is 9.79 Å². The molecule has 0 saturated heterocycles. The summed E-state index contributed by atoms with van der Waals surface area (Å²) in [6, 6.07) is 0. The van der Waals surface area contributed by atoms with Crippen LogP contribution in [0.2, 0.25) is 0 Å². The summed E-state index contributed by atoms with van der Waals surface area (Å²) in [4.78, 5) is 25.9. The van der Waals surface area contributed by atoms with Crippen LogP contribution in [-0.4, -0.2) is 53.5 Å². The zero-order chi connectivity index (χ0) is 7.49. The van der Waals surface area contributed by atoms with Gasteiger partial charge in [-0.2, -0.15) is 0 Å². The third-order valence-corrected chi connectivity index (χ3v) is 0.793. The number of rotatable bonds is 2. The van der Waals surface area contributed by atoms with Crippen LogP contribution in [0.3, 0.4) is 0 Å². The zero-order valence-electron chi connectivity index (χ0n) is 11.1. The molecular formula is C3H9CaKNaO5P. The molecule has 0 radical (unpaired) electrons. The Hall–Kier alpha value is 3.26. The van der Waals surface area contributed by atoms with Gasteiger partial charge in [0.1, 0.15) is 0 Å². The number of hydrogen-bond donors (Lipinski definition) is 2. The van der Waals surface area contributed by atoms with Crippen molar-refractivity contribution in [2.45, 2.75) is 0 Å². The van der Waals surface area contributed by atoms with Crippen LogP contribution in [0.5, 0.6) is 0 Å². The average Bonchev–Trinajstić information content (AvgIpc) is 1.62. The molecule has 0 aromatic heterocycles. The van der Waals surface area contributed by atoms with Crippen LogP contribution in [0.15, 0.2) is 12.7 Å². The molecule has 0 saturated carbocycles. The SMILES string of the molecule is C=CC(=O)OP(=O)(O)O.[Ca+2].[H-].[H-].[H-].[H-].[K+].[Na+]. The number of phosphoric acid groups is 1. The molecular weight excluding hydrogens is 249 g/mol. The normalized spacial score (nSPS) is 7.83. The van der Waals surface area contributed by atoms with Gasteiger partial charge < -0.3 is 10.2 Å². The molecule has 0 atom stereocenters. The van der Waals surface area contributed by atoms with Gasteiger partial charge in [-0.3, -0.25) is 9.79 Å². The second-order valence-corrected chi connectivity index (χ2v) is 2.27. The Bertz CT molecular complexity index is 195. The molecule has 0 amide bonds. The fraction of sp³-hybridized carbons (Fsp3) is 0. The monoisotopic (exact) mass is 258 g/mol. The van der Waals surface area contributed by atoms with E-state index in [-0.39, 0.29) is 124 Å². The van der Waals surface area contributed by atoms with Crippen LogP contribution in [0.4, 0.5) is 0 Å². The van der Waals surface area contributed by atoms with Crippen LogP contribution >= 0.6 is 7.82 Å². The molecule has 0 fully saturated rings. The summed E-state index contributed by atoms with van der Waals surface area (Å²) in [5, 5.41) is 0. The van der Waals surface area contributed by atoms with E-state index in [0.717, 1.165) is 0 Å². The van der Waals surface area contributed by atoms with E-state index in [9.17, 15) is 9.36 Å². The van der Waals surface area contributed by atoms with E-state index < -0.39 is 13.8 Å². The molecule has 60 valence electrons. The summed E-state index contributed by atoms with van der Waals surface area (Å²) in [5.74, 6) is -1.14. The fourth-order valence-electron chi connectivity index (χ4n) is 0.154. The second kappa shape index (κ2) is 12.3. The minimum atomic E-state index is -4.66. The maximum absolute atomic E-state index is 9.99. The molecule has 0 aliphatic carbocycles. The Morgan fingerprint density at radius 3 is 2.00 bits per heavy atom. The molecule has 0 rings (SSSR count). The van der Waals surface area contributed by atoms with Crippen molar-refractivity contribution < 1.29 is 110 Å². The molecule has 0 spiro atoms. The maximum Gasteiger partial charge on any atom is 2.00 e. The van der Waals surface area contributed by atoms with E-state index in [0.29, 0.717) is 6.08 Å². The summed E-state index contributed by atoms with van der Waals surface area (Å²) in [6.45, 7) is 2.93. The quantitative estimate of drug-likeness (QED) is 0.292. The summed E-state index contributed by atoms with van der Waals surface area (Å²) in [5.41, 5.74) is 0. The maximum atomic E-state index is 9.99. The second-order valence-electron chi connectivity index (χ2n) is 1.11. The van der Waals surface area contributed by atoms with Crippen molar-refractivity contribution in [2.24, 2.45) is 0 Å². The van der Waals surface area contributed by atoms with Gasteiger partial charge in [-0.05, 0) is 0 Å². The minimum Gasteiger partial charge on any atom is -1.00 e. The van der Waals surface area contributed by atoms with Gasteiger partial charge in [-0.15, -0.1) is 0 Å². The first kappa shape index (κ1) is 24.5. The smallest absolute Gasteiger partial charge is 1.00 e. The molecule has 12 heavy (non-hydrogen) atoms. The first-order valence-corrected chi connectivity index (χ1v) is 3.40. The van der Waals surface area contributed by atoms with Crippen LogP contribution < -0.4 is 80.9 Å². The molecule has 0 heterocycles. The average molecular weight is 258 g/mol. The molecule has 2 N–H and O–H groups in total. The van der Waals surface area contributed by atoms with Gasteiger partial charge in [0.05, 0.1) is 0 Å². The number of hydrogen-bond acceptors (Lipinski definition) is 3. The van der Waals surface area contributed by atoms with Gasteiger partial charge in [0.15, 0.2) is 0 Å². The first-order chi connectivity index (χ1) is 3.95. The predicted molar refractivity (Wildman–Crippen MR) is 38.5 cm³/mol. The van der Waals surface area contributed by atoms with E-state index in [1.807, 2.05) is 0 Å². The van der Waals surface area contributed by atoms with Crippen molar-refractivity contribution >= 4 is 51.5 Å². The van der Waals surface area contributed by atoms with E-state index >= 15 is 0 Å². The minimum absolute atomic E-state index is 0. The molecule has 5 nitrogen and oxygen atoms in total. The Morgan fingerprint density at radius 1 is 1.58 bits per heavy atom. The fourth-order valence-corrected chi connectivity index (χ4v) is 0.463.